The zero-order chi connectivity index (χ0) is 13.3. The van der Waals surface area contributed by atoms with Crippen LogP contribution in [0.2, 0.25) is 0 Å². The van der Waals surface area contributed by atoms with Gasteiger partial charge in [0.2, 0.25) is 0 Å². The molecule has 1 aliphatic carbocycles. The van der Waals surface area contributed by atoms with E-state index in [1.165, 1.54) is 6.42 Å². The second-order valence-corrected chi connectivity index (χ2v) is 6.71. The van der Waals surface area contributed by atoms with E-state index in [2.05, 4.69) is 46.5 Å². The Labute approximate surface area is 113 Å². The van der Waals surface area contributed by atoms with Crippen LogP contribution in [0.25, 0.3) is 0 Å². The number of aryl methyl sites for hydroxylation is 1. The molecule has 1 unspecified atom stereocenters. The van der Waals surface area contributed by atoms with Crippen molar-refractivity contribution < 1.29 is 0 Å². The lowest BCUT2D eigenvalue weighted by Gasteiger charge is -2.22. The van der Waals surface area contributed by atoms with Crippen molar-refractivity contribution in [1.82, 2.24) is 15.2 Å². The topological polar surface area (TPSA) is 40.5 Å². The highest BCUT2D eigenvalue weighted by Crippen LogP contribution is 2.44. The number of hydrogen-bond acceptors (Lipinski definition) is 3. The van der Waals surface area contributed by atoms with Crippen molar-refractivity contribution in [2.45, 2.75) is 39.8 Å². The molecule has 1 heterocycles. The third-order valence-electron chi connectivity index (χ3n) is 3.46. The highest BCUT2D eigenvalue weighted by atomic mass is 32.1. The summed E-state index contributed by atoms with van der Waals surface area (Å²) in [7, 11) is 3.89. The summed E-state index contributed by atoms with van der Waals surface area (Å²) < 4.78 is 0. The second-order valence-electron chi connectivity index (χ2n) is 5.65. The van der Waals surface area contributed by atoms with Crippen LogP contribution in [0.3, 0.4) is 0 Å². The highest BCUT2D eigenvalue weighted by molar-refractivity contribution is 7.09. The average Bonchev–Trinajstić information content (AvgIpc) is 2.68. The van der Waals surface area contributed by atoms with Crippen molar-refractivity contribution in [3.8, 4) is 0 Å². The van der Waals surface area contributed by atoms with Gasteiger partial charge in [-0.25, -0.2) is 4.98 Å². The van der Waals surface area contributed by atoms with E-state index in [4.69, 9.17) is 0 Å². The predicted molar refractivity (Wildman–Crippen MR) is 77.0 cm³/mol. The molecule has 1 fully saturated rings. The Morgan fingerprint density at radius 2 is 2.33 bits per heavy atom. The first-order valence-electron chi connectivity index (χ1n) is 6.28. The molecule has 1 aliphatic rings. The fourth-order valence-corrected chi connectivity index (χ4v) is 2.62. The fourth-order valence-electron chi connectivity index (χ4n) is 2.01. The standard InChI is InChI=1S/C13H22N4S/c1-9-15-10(8-18-9)7-17(5)12(14-4)16-11-6-13(11,2)3/h8,11H,6-7H2,1-5H3,(H,14,16). The van der Waals surface area contributed by atoms with Crippen LogP contribution in [0.5, 0.6) is 0 Å². The number of aromatic nitrogens is 1. The molecule has 100 valence electrons. The van der Waals surface area contributed by atoms with Crippen molar-refractivity contribution in [3.05, 3.63) is 16.1 Å². The zero-order valence-corrected chi connectivity index (χ0v) is 12.6. The number of rotatable bonds is 3. The number of thiazole rings is 1. The molecule has 1 saturated carbocycles. The average molecular weight is 266 g/mol. The lowest BCUT2D eigenvalue weighted by atomic mass is 10.2. The Kier molecular flexibility index (Phi) is 3.61. The number of guanidine groups is 1. The molecule has 4 nitrogen and oxygen atoms in total. The molecule has 1 N–H and O–H groups in total. The molecular weight excluding hydrogens is 244 g/mol. The van der Waals surface area contributed by atoms with Gasteiger partial charge in [-0.1, -0.05) is 13.8 Å². The lowest BCUT2D eigenvalue weighted by molar-refractivity contribution is 0.461. The normalized spacial score (nSPS) is 21.8. The molecule has 5 heteroatoms. The van der Waals surface area contributed by atoms with E-state index in [0.717, 1.165) is 23.2 Å². The SMILES string of the molecule is CN=C(NC1CC1(C)C)N(C)Cc1csc(C)n1. The Hall–Kier alpha value is -1.10. The third-order valence-corrected chi connectivity index (χ3v) is 4.28. The first-order valence-corrected chi connectivity index (χ1v) is 7.16. The van der Waals surface area contributed by atoms with E-state index in [-0.39, 0.29) is 0 Å². The maximum atomic E-state index is 4.48. The van der Waals surface area contributed by atoms with Crippen molar-refractivity contribution in [3.63, 3.8) is 0 Å². The van der Waals surface area contributed by atoms with E-state index < -0.39 is 0 Å². The minimum atomic E-state index is 0.411. The second kappa shape index (κ2) is 4.88. The van der Waals surface area contributed by atoms with Gasteiger partial charge in [0, 0.05) is 25.5 Å². The van der Waals surface area contributed by atoms with E-state index in [0.29, 0.717) is 11.5 Å². The number of nitrogens with one attached hydrogen (secondary N) is 1. The van der Waals surface area contributed by atoms with Crippen LogP contribution in [0, 0.1) is 12.3 Å². The van der Waals surface area contributed by atoms with Gasteiger partial charge in [-0.15, -0.1) is 11.3 Å². The lowest BCUT2D eigenvalue weighted by Crippen LogP contribution is -2.40. The minimum absolute atomic E-state index is 0.411. The Morgan fingerprint density at radius 1 is 1.67 bits per heavy atom. The molecule has 1 aromatic rings. The summed E-state index contributed by atoms with van der Waals surface area (Å²) in [4.78, 5) is 11.0. The van der Waals surface area contributed by atoms with Gasteiger partial charge in [0.15, 0.2) is 5.96 Å². The van der Waals surface area contributed by atoms with Crippen LogP contribution in [-0.2, 0) is 6.54 Å². The molecule has 18 heavy (non-hydrogen) atoms. The van der Waals surface area contributed by atoms with Crippen LogP contribution in [-0.4, -0.2) is 36.0 Å². The molecule has 0 amide bonds. The van der Waals surface area contributed by atoms with Gasteiger partial charge in [-0.05, 0) is 18.8 Å². The van der Waals surface area contributed by atoms with Gasteiger partial charge >= 0.3 is 0 Å². The largest absolute Gasteiger partial charge is 0.353 e. The summed E-state index contributed by atoms with van der Waals surface area (Å²) in [6, 6.07) is 0.552. The maximum absolute atomic E-state index is 4.48. The first-order chi connectivity index (χ1) is 8.42. The molecule has 0 spiro atoms. The Morgan fingerprint density at radius 3 is 2.78 bits per heavy atom. The fraction of sp³-hybridized carbons (Fsp3) is 0.692. The van der Waals surface area contributed by atoms with Crippen LogP contribution >= 0.6 is 11.3 Å². The van der Waals surface area contributed by atoms with Crippen LogP contribution in [0.4, 0.5) is 0 Å². The van der Waals surface area contributed by atoms with Gasteiger partial charge in [-0.2, -0.15) is 0 Å². The van der Waals surface area contributed by atoms with E-state index in [9.17, 15) is 0 Å². The third kappa shape index (κ3) is 3.02. The molecule has 1 atom stereocenters. The molecule has 0 aromatic carbocycles. The molecule has 0 bridgehead atoms. The summed E-state index contributed by atoms with van der Waals surface area (Å²) in [6.07, 6.45) is 1.22. The van der Waals surface area contributed by atoms with Gasteiger partial charge in [0.05, 0.1) is 17.2 Å². The van der Waals surface area contributed by atoms with E-state index >= 15 is 0 Å². The molecule has 0 saturated heterocycles. The predicted octanol–water partition coefficient (Wildman–Crippen LogP) is 2.26. The number of aliphatic imine (C=N–C) groups is 1. The minimum Gasteiger partial charge on any atom is -0.353 e. The quantitative estimate of drug-likeness (QED) is 0.674. The first kappa shape index (κ1) is 13.3. The monoisotopic (exact) mass is 266 g/mol. The Bertz CT molecular complexity index is 450. The highest BCUT2D eigenvalue weighted by Gasteiger charge is 2.46. The van der Waals surface area contributed by atoms with Crippen molar-refractivity contribution in [2.24, 2.45) is 10.4 Å². The van der Waals surface area contributed by atoms with Crippen molar-refractivity contribution in [1.29, 1.82) is 0 Å². The van der Waals surface area contributed by atoms with Gasteiger partial charge in [0.25, 0.3) is 0 Å². The molecule has 0 radical (unpaired) electrons. The molecule has 1 aromatic heterocycles. The molecule has 2 rings (SSSR count). The summed E-state index contributed by atoms with van der Waals surface area (Å²) in [5, 5.41) is 6.74. The summed E-state index contributed by atoms with van der Waals surface area (Å²) in [5.41, 5.74) is 1.52. The molecular formula is C13H22N4S. The number of hydrogen-bond donors (Lipinski definition) is 1. The van der Waals surface area contributed by atoms with Gasteiger partial charge < -0.3 is 10.2 Å². The maximum Gasteiger partial charge on any atom is 0.193 e. The van der Waals surface area contributed by atoms with Gasteiger partial charge in [-0.3, -0.25) is 4.99 Å². The smallest absolute Gasteiger partial charge is 0.193 e. The summed E-state index contributed by atoms with van der Waals surface area (Å²) >= 11 is 1.69. The van der Waals surface area contributed by atoms with Crippen LogP contribution < -0.4 is 5.32 Å². The summed E-state index contributed by atoms with van der Waals surface area (Å²) in [5.74, 6) is 0.955. The van der Waals surface area contributed by atoms with Crippen molar-refractivity contribution >= 4 is 17.3 Å². The van der Waals surface area contributed by atoms with E-state index in [1.807, 2.05) is 14.0 Å². The van der Waals surface area contributed by atoms with E-state index in [1.54, 1.807) is 11.3 Å². The summed E-state index contributed by atoms with van der Waals surface area (Å²) in [6.45, 7) is 7.40. The van der Waals surface area contributed by atoms with Crippen LogP contribution in [0.15, 0.2) is 10.4 Å². The van der Waals surface area contributed by atoms with Crippen LogP contribution in [0.1, 0.15) is 31.0 Å². The van der Waals surface area contributed by atoms with Crippen molar-refractivity contribution in [2.75, 3.05) is 14.1 Å². The molecule has 0 aliphatic heterocycles. The number of nitrogens with zero attached hydrogens (tertiary/aromatic N) is 3. The van der Waals surface area contributed by atoms with Gasteiger partial charge in [0.1, 0.15) is 0 Å². The zero-order valence-electron chi connectivity index (χ0n) is 11.8. The Balaban J connectivity index is 1.92.